The van der Waals surface area contributed by atoms with Crippen LogP contribution in [-0.4, -0.2) is 50.5 Å². The molecule has 0 aliphatic rings. The van der Waals surface area contributed by atoms with E-state index in [0.29, 0.717) is 22.8 Å². The third-order valence-electron chi connectivity index (χ3n) is 5.36. The van der Waals surface area contributed by atoms with Crippen molar-refractivity contribution in [2.75, 3.05) is 23.7 Å². The molecule has 0 radical (unpaired) electrons. The van der Waals surface area contributed by atoms with E-state index in [1.54, 1.807) is 62.4 Å². The highest BCUT2D eigenvalue weighted by atomic mass is 35.5. The molecule has 33 heavy (non-hydrogen) atoms. The van der Waals surface area contributed by atoms with Crippen molar-refractivity contribution in [3.8, 4) is 0 Å². The van der Waals surface area contributed by atoms with E-state index in [1.807, 2.05) is 6.92 Å². The third-order valence-corrected chi connectivity index (χ3v) is 6.85. The Hall–Kier alpha value is -2.58. The van der Waals surface area contributed by atoms with E-state index in [-0.39, 0.29) is 12.5 Å². The molecule has 0 saturated heterocycles. The number of benzene rings is 2. The second kappa shape index (κ2) is 12.0. The minimum atomic E-state index is -3.75. The van der Waals surface area contributed by atoms with Gasteiger partial charge in [0.25, 0.3) is 0 Å². The first-order valence-corrected chi connectivity index (χ1v) is 13.1. The fourth-order valence-corrected chi connectivity index (χ4v) is 4.47. The average molecular weight is 494 g/mol. The van der Waals surface area contributed by atoms with Crippen LogP contribution in [-0.2, 0) is 26.2 Å². The number of hydrogen-bond acceptors (Lipinski definition) is 4. The Morgan fingerprint density at radius 2 is 1.73 bits per heavy atom. The van der Waals surface area contributed by atoms with Gasteiger partial charge in [0.2, 0.25) is 21.8 Å². The summed E-state index contributed by atoms with van der Waals surface area (Å²) in [6, 6.07) is 13.2. The molecule has 1 atom stereocenters. The van der Waals surface area contributed by atoms with Crippen LogP contribution in [0.15, 0.2) is 48.5 Å². The number of hydrogen-bond donors (Lipinski definition) is 1. The fourth-order valence-electron chi connectivity index (χ4n) is 3.37. The van der Waals surface area contributed by atoms with Gasteiger partial charge in [-0.25, -0.2) is 8.42 Å². The van der Waals surface area contributed by atoms with E-state index in [4.69, 9.17) is 11.6 Å². The minimum absolute atomic E-state index is 0.0756. The number of para-hydroxylation sites is 1. The van der Waals surface area contributed by atoms with Crippen molar-refractivity contribution in [1.82, 2.24) is 10.2 Å². The van der Waals surface area contributed by atoms with Gasteiger partial charge in [0.15, 0.2) is 0 Å². The second-order valence-electron chi connectivity index (χ2n) is 7.99. The Bertz CT molecular complexity index is 1070. The highest BCUT2D eigenvalue weighted by molar-refractivity contribution is 7.92. The maximum absolute atomic E-state index is 13.5. The number of aryl methyl sites for hydroxylation is 1. The van der Waals surface area contributed by atoms with Gasteiger partial charge in [0.05, 0.1) is 11.9 Å². The average Bonchev–Trinajstić information content (AvgIpc) is 2.76. The van der Waals surface area contributed by atoms with Crippen LogP contribution in [0.5, 0.6) is 0 Å². The molecule has 180 valence electrons. The van der Waals surface area contributed by atoms with Gasteiger partial charge < -0.3 is 10.2 Å². The number of carbonyl (C=O) groups is 2. The Balaban J connectivity index is 2.37. The Labute approximate surface area is 201 Å². The van der Waals surface area contributed by atoms with E-state index in [2.05, 4.69) is 5.32 Å². The summed E-state index contributed by atoms with van der Waals surface area (Å²) in [5.74, 6) is -0.799. The highest BCUT2D eigenvalue weighted by Gasteiger charge is 2.30. The lowest BCUT2D eigenvalue weighted by Crippen LogP contribution is -2.51. The molecule has 0 aliphatic carbocycles. The first-order chi connectivity index (χ1) is 15.6. The number of carbonyl (C=O) groups excluding carboxylic acids is 2. The molecule has 0 bridgehead atoms. The number of halogens is 1. The topological polar surface area (TPSA) is 86.8 Å². The number of amides is 2. The molecule has 0 aliphatic heterocycles. The maximum Gasteiger partial charge on any atom is 0.244 e. The molecule has 7 nitrogen and oxygen atoms in total. The molecule has 1 N–H and O–H groups in total. The first kappa shape index (κ1) is 26.7. The predicted molar refractivity (Wildman–Crippen MR) is 133 cm³/mol. The SMILES string of the molecule is CCCCNC(=O)[C@@H](C)N(Cc1ccccc1Cl)C(=O)CN(c1ccccc1C)S(C)(=O)=O. The Morgan fingerprint density at radius 1 is 1.09 bits per heavy atom. The zero-order valence-electron chi connectivity index (χ0n) is 19.5. The summed E-state index contributed by atoms with van der Waals surface area (Å²) in [6.45, 7) is 5.59. The van der Waals surface area contributed by atoms with Crippen LogP contribution in [0.3, 0.4) is 0 Å². The van der Waals surface area contributed by atoms with E-state index < -0.39 is 28.5 Å². The molecule has 2 aromatic rings. The van der Waals surface area contributed by atoms with Crippen molar-refractivity contribution in [2.24, 2.45) is 0 Å². The van der Waals surface area contributed by atoms with Gasteiger partial charge in [-0.1, -0.05) is 61.3 Å². The van der Waals surface area contributed by atoms with Crippen LogP contribution >= 0.6 is 11.6 Å². The van der Waals surface area contributed by atoms with Gasteiger partial charge in [0, 0.05) is 18.1 Å². The van der Waals surface area contributed by atoms with Crippen LogP contribution in [0.1, 0.15) is 37.8 Å². The van der Waals surface area contributed by atoms with Crippen LogP contribution in [0, 0.1) is 6.92 Å². The largest absolute Gasteiger partial charge is 0.354 e. The lowest BCUT2D eigenvalue weighted by molar-refractivity contribution is -0.139. The van der Waals surface area contributed by atoms with Gasteiger partial charge in [-0.3, -0.25) is 13.9 Å². The standard InChI is InChI=1S/C24H32ClN3O4S/c1-5-6-15-26-24(30)19(3)27(16-20-12-8-9-13-21(20)25)23(29)17-28(33(4,31)32)22-14-10-7-11-18(22)2/h7-14,19H,5-6,15-17H2,1-4H3,(H,26,30)/t19-/m1/s1. The molecular formula is C24H32ClN3O4S. The van der Waals surface area contributed by atoms with Crippen molar-refractivity contribution in [1.29, 1.82) is 0 Å². The molecular weight excluding hydrogens is 462 g/mol. The molecule has 0 spiro atoms. The molecule has 0 unspecified atom stereocenters. The van der Waals surface area contributed by atoms with Crippen molar-refractivity contribution < 1.29 is 18.0 Å². The van der Waals surface area contributed by atoms with Gasteiger partial charge in [0.1, 0.15) is 12.6 Å². The monoisotopic (exact) mass is 493 g/mol. The molecule has 2 rings (SSSR count). The Kier molecular flexibility index (Phi) is 9.73. The van der Waals surface area contributed by atoms with Crippen LogP contribution in [0.4, 0.5) is 5.69 Å². The lowest BCUT2D eigenvalue weighted by Gasteiger charge is -2.32. The zero-order valence-corrected chi connectivity index (χ0v) is 21.1. The van der Waals surface area contributed by atoms with Gasteiger partial charge in [-0.2, -0.15) is 0 Å². The first-order valence-electron chi connectivity index (χ1n) is 10.9. The number of anilines is 1. The van der Waals surface area contributed by atoms with E-state index >= 15 is 0 Å². The quantitative estimate of drug-likeness (QED) is 0.483. The smallest absolute Gasteiger partial charge is 0.244 e. The summed E-state index contributed by atoms with van der Waals surface area (Å²) in [6.07, 6.45) is 2.81. The lowest BCUT2D eigenvalue weighted by atomic mass is 10.1. The molecule has 2 aromatic carbocycles. The molecule has 0 aromatic heterocycles. The zero-order chi connectivity index (χ0) is 24.6. The predicted octanol–water partition coefficient (Wildman–Crippen LogP) is 3.75. The summed E-state index contributed by atoms with van der Waals surface area (Å²) in [7, 11) is -3.75. The van der Waals surface area contributed by atoms with Crippen LogP contribution in [0.2, 0.25) is 5.02 Å². The van der Waals surface area contributed by atoms with Gasteiger partial charge in [-0.15, -0.1) is 0 Å². The second-order valence-corrected chi connectivity index (χ2v) is 10.3. The van der Waals surface area contributed by atoms with Gasteiger partial charge >= 0.3 is 0 Å². The maximum atomic E-state index is 13.5. The number of unbranched alkanes of at least 4 members (excludes halogenated alkanes) is 1. The molecule has 0 fully saturated rings. The normalized spacial score (nSPS) is 12.2. The van der Waals surface area contributed by atoms with E-state index in [9.17, 15) is 18.0 Å². The summed E-state index contributed by atoms with van der Waals surface area (Å²) < 4.78 is 26.3. The summed E-state index contributed by atoms with van der Waals surface area (Å²) in [5, 5.41) is 3.31. The number of rotatable bonds is 11. The van der Waals surface area contributed by atoms with Crippen LogP contribution < -0.4 is 9.62 Å². The summed E-state index contributed by atoms with van der Waals surface area (Å²) in [5.41, 5.74) is 1.81. The van der Waals surface area contributed by atoms with E-state index in [1.165, 1.54) is 4.90 Å². The summed E-state index contributed by atoms with van der Waals surface area (Å²) in [4.78, 5) is 27.6. The van der Waals surface area contributed by atoms with E-state index in [0.717, 1.165) is 29.0 Å². The molecule has 9 heteroatoms. The molecule has 0 saturated carbocycles. The molecule has 2 amide bonds. The number of nitrogens with one attached hydrogen (secondary N) is 1. The van der Waals surface area contributed by atoms with Crippen molar-refractivity contribution in [3.63, 3.8) is 0 Å². The fraction of sp³-hybridized carbons (Fsp3) is 0.417. The van der Waals surface area contributed by atoms with Crippen molar-refractivity contribution >= 4 is 39.1 Å². The van der Waals surface area contributed by atoms with Gasteiger partial charge in [-0.05, 0) is 43.5 Å². The summed E-state index contributed by atoms with van der Waals surface area (Å²) >= 11 is 6.31. The van der Waals surface area contributed by atoms with Crippen LogP contribution in [0.25, 0.3) is 0 Å². The third kappa shape index (κ3) is 7.47. The number of sulfonamides is 1. The van der Waals surface area contributed by atoms with Crippen molar-refractivity contribution in [2.45, 2.75) is 46.2 Å². The minimum Gasteiger partial charge on any atom is -0.354 e. The van der Waals surface area contributed by atoms with Crippen molar-refractivity contribution in [3.05, 3.63) is 64.7 Å². The number of nitrogens with zero attached hydrogens (tertiary/aromatic N) is 2. The Morgan fingerprint density at radius 3 is 2.33 bits per heavy atom. The highest BCUT2D eigenvalue weighted by Crippen LogP contribution is 2.23. The molecule has 0 heterocycles.